The van der Waals surface area contributed by atoms with Gasteiger partial charge < -0.3 is 15.2 Å². The number of nitrogens with two attached hydrogens (primary N) is 1. The van der Waals surface area contributed by atoms with E-state index >= 15 is 0 Å². The Hall–Kier alpha value is -1.96. The number of carbonyl (C=O) groups excluding carboxylic acids is 1. The molecule has 1 aliphatic rings. The van der Waals surface area contributed by atoms with Crippen LogP contribution in [0.2, 0.25) is 0 Å². The van der Waals surface area contributed by atoms with Crippen molar-refractivity contribution < 1.29 is 4.79 Å². The molecule has 5 heteroatoms. The van der Waals surface area contributed by atoms with Crippen LogP contribution in [0, 0.1) is 18.3 Å². The van der Waals surface area contributed by atoms with Crippen LogP contribution in [0.3, 0.4) is 0 Å². The van der Waals surface area contributed by atoms with Crippen LogP contribution in [0.5, 0.6) is 0 Å². The van der Waals surface area contributed by atoms with Crippen molar-refractivity contribution in [3.8, 4) is 6.07 Å². The monoisotopic (exact) mass is 260 g/mol. The minimum atomic E-state index is 0.0717. The van der Waals surface area contributed by atoms with Gasteiger partial charge in [0.1, 0.15) is 18.3 Å². The first-order valence-corrected chi connectivity index (χ1v) is 6.69. The molecule has 0 aromatic carbocycles. The van der Waals surface area contributed by atoms with Gasteiger partial charge in [-0.1, -0.05) is 0 Å². The van der Waals surface area contributed by atoms with Crippen molar-refractivity contribution in [3.63, 3.8) is 0 Å². The van der Waals surface area contributed by atoms with Gasteiger partial charge in [-0.25, -0.2) is 0 Å². The Morgan fingerprint density at radius 2 is 2.32 bits per heavy atom. The highest BCUT2D eigenvalue weighted by molar-refractivity contribution is 5.77. The van der Waals surface area contributed by atoms with E-state index < -0.39 is 0 Å². The van der Waals surface area contributed by atoms with E-state index in [1.165, 1.54) is 6.42 Å². The number of anilines is 1. The van der Waals surface area contributed by atoms with Gasteiger partial charge in [0.2, 0.25) is 5.91 Å². The maximum Gasteiger partial charge on any atom is 0.242 e. The van der Waals surface area contributed by atoms with Crippen LogP contribution in [0.1, 0.15) is 37.6 Å². The molecule has 2 rings (SSSR count). The second kappa shape index (κ2) is 5.35. The molecule has 5 nitrogen and oxygen atoms in total. The summed E-state index contributed by atoms with van der Waals surface area (Å²) in [6.07, 6.45) is 3.31. The van der Waals surface area contributed by atoms with Crippen LogP contribution in [0.15, 0.2) is 6.07 Å². The zero-order chi connectivity index (χ0) is 14.0. The second-order valence-corrected chi connectivity index (χ2v) is 5.20. The van der Waals surface area contributed by atoms with Gasteiger partial charge in [-0.05, 0) is 39.2 Å². The summed E-state index contributed by atoms with van der Waals surface area (Å²) in [4.78, 5) is 14.3. The van der Waals surface area contributed by atoms with Gasteiger partial charge in [0.15, 0.2) is 0 Å². The van der Waals surface area contributed by atoms with Crippen LogP contribution < -0.4 is 5.73 Å². The van der Waals surface area contributed by atoms with Crippen molar-refractivity contribution in [1.82, 2.24) is 9.47 Å². The first-order chi connectivity index (χ1) is 9.04. The average Bonchev–Trinajstić information content (AvgIpc) is 2.67. The number of hydrogen-bond donors (Lipinski definition) is 1. The summed E-state index contributed by atoms with van der Waals surface area (Å²) >= 11 is 0. The minimum Gasteiger partial charge on any atom is -0.397 e. The molecule has 1 saturated heterocycles. The molecule has 0 unspecified atom stereocenters. The molecule has 1 fully saturated rings. The number of nitrogens with zero attached hydrogens (tertiary/aromatic N) is 3. The van der Waals surface area contributed by atoms with Gasteiger partial charge in [-0.15, -0.1) is 0 Å². The maximum atomic E-state index is 12.4. The Kier molecular flexibility index (Phi) is 3.79. The third kappa shape index (κ3) is 2.58. The number of carbonyl (C=O) groups is 1. The van der Waals surface area contributed by atoms with Crippen molar-refractivity contribution in [2.24, 2.45) is 0 Å². The fraction of sp³-hybridized carbons (Fsp3) is 0.571. The molecule has 0 spiro atoms. The highest BCUT2D eigenvalue weighted by Crippen LogP contribution is 2.20. The van der Waals surface area contributed by atoms with E-state index in [-0.39, 0.29) is 12.5 Å². The number of nitriles is 1. The molecular formula is C14H20N4O. The topological polar surface area (TPSA) is 75.0 Å². The maximum absolute atomic E-state index is 12.4. The second-order valence-electron chi connectivity index (χ2n) is 5.20. The van der Waals surface area contributed by atoms with Crippen LogP contribution >= 0.6 is 0 Å². The summed E-state index contributed by atoms with van der Waals surface area (Å²) in [5.74, 6) is 0.0717. The molecule has 0 bridgehead atoms. The quantitative estimate of drug-likeness (QED) is 0.878. The van der Waals surface area contributed by atoms with Crippen molar-refractivity contribution >= 4 is 11.6 Å². The van der Waals surface area contributed by atoms with Gasteiger partial charge in [0.25, 0.3) is 0 Å². The number of rotatable bonds is 2. The van der Waals surface area contributed by atoms with E-state index in [1.807, 2.05) is 11.8 Å². The molecule has 1 amide bonds. The van der Waals surface area contributed by atoms with Crippen LogP contribution in [0.4, 0.5) is 5.69 Å². The molecule has 2 heterocycles. The predicted octanol–water partition coefficient (Wildman–Crippen LogP) is 1.65. The van der Waals surface area contributed by atoms with E-state index in [4.69, 9.17) is 11.0 Å². The SMILES string of the molecule is Cc1c(N)cc(C#N)n1CC(=O)N1CCCC[C@@H]1C. The van der Waals surface area contributed by atoms with E-state index in [0.717, 1.165) is 25.1 Å². The number of aromatic nitrogens is 1. The van der Waals surface area contributed by atoms with Crippen molar-refractivity contribution in [2.45, 2.75) is 45.7 Å². The number of piperidine rings is 1. The van der Waals surface area contributed by atoms with Crippen LogP contribution in [0.25, 0.3) is 0 Å². The number of nitrogen functional groups attached to an aromatic ring is 1. The summed E-state index contributed by atoms with van der Waals surface area (Å²) < 4.78 is 1.71. The van der Waals surface area contributed by atoms with Gasteiger partial charge in [-0.2, -0.15) is 5.26 Å². The first kappa shape index (κ1) is 13.5. The smallest absolute Gasteiger partial charge is 0.242 e. The van der Waals surface area contributed by atoms with E-state index in [1.54, 1.807) is 10.6 Å². The van der Waals surface area contributed by atoms with Crippen LogP contribution in [-0.4, -0.2) is 28.0 Å². The lowest BCUT2D eigenvalue weighted by atomic mass is 10.0. The molecule has 2 N–H and O–H groups in total. The lowest BCUT2D eigenvalue weighted by Crippen LogP contribution is -2.43. The van der Waals surface area contributed by atoms with E-state index in [2.05, 4.69) is 13.0 Å². The molecule has 19 heavy (non-hydrogen) atoms. The molecule has 0 saturated carbocycles. The third-order valence-corrected chi connectivity index (χ3v) is 3.94. The molecule has 1 atom stereocenters. The fourth-order valence-electron chi connectivity index (χ4n) is 2.66. The Morgan fingerprint density at radius 3 is 2.95 bits per heavy atom. The minimum absolute atomic E-state index is 0.0717. The van der Waals surface area contributed by atoms with E-state index in [0.29, 0.717) is 17.4 Å². The lowest BCUT2D eigenvalue weighted by Gasteiger charge is -2.33. The zero-order valence-electron chi connectivity index (χ0n) is 11.5. The van der Waals surface area contributed by atoms with Crippen LogP contribution in [-0.2, 0) is 11.3 Å². The highest BCUT2D eigenvalue weighted by atomic mass is 16.2. The number of hydrogen-bond acceptors (Lipinski definition) is 3. The van der Waals surface area contributed by atoms with Gasteiger partial charge in [0, 0.05) is 18.3 Å². The van der Waals surface area contributed by atoms with E-state index in [9.17, 15) is 4.79 Å². The highest BCUT2D eigenvalue weighted by Gasteiger charge is 2.24. The Morgan fingerprint density at radius 1 is 1.58 bits per heavy atom. The van der Waals surface area contributed by atoms with Crippen molar-refractivity contribution in [1.29, 1.82) is 5.26 Å². The average molecular weight is 260 g/mol. The lowest BCUT2D eigenvalue weighted by molar-refractivity contribution is -0.135. The van der Waals surface area contributed by atoms with Gasteiger partial charge in [-0.3, -0.25) is 4.79 Å². The standard InChI is InChI=1S/C14H20N4O/c1-10-5-3-4-6-17(10)14(19)9-18-11(2)13(16)7-12(18)8-15/h7,10H,3-6,9,16H2,1-2H3/t10-/m0/s1. The molecule has 0 aliphatic carbocycles. The van der Waals surface area contributed by atoms with Gasteiger partial charge in [0.05, 0.1) is 5.69 Å². The predicted molar refractivity (Wildman–Crippen MR) is 73.3 cm³/mol. The summed E-state index contributed by atoms with van der Waals surface area (Å²) in [6.45, 7) is 4.94. The number of amides is 1. The molecule has 102 valence electrons. The molecular weight excluding hydrogens is 240 g/mol. The Balaban J connectivity index is 2.17. The van der Waals surface area contributed by atoms with Crippen molar-refractivity contribution in [2.75, 3.05) is 12.3 Å². The first-order valence-electron chi connectivity index (χ1n) is 6.69. The molecule has 1 aliphatic heterocycles. The summed E-state index contributed by atoms with van der Waals surface area (Å²) in [5.41, 5.74) is 7.61. The summed E-state index contributed by atoms with van der Waals surface area (Å²) in [6, 6.07) is 4.01. The zero-order valence-corrected chi connectivity index (χ0v) is 11.5. The largest absolute Gasteiger partial charge is 0.397 e. The fourth-order valence-corrected chi connectivity index (χ4v) is 2.66. The van der Waals surface area contributed by atoms with Gasteiger partial charge >= 0.3 is 0 Å². The Labute approximate surface area is 113 Å². The third-order valence-electron chi connectivity index (χ3n) is 3.94. The molecule has 1 aromatic heterocycles. The Bertz CT molecular complexity index is 526. The normalized spacial score (nSPS) is 19.2. The molecule has 1 aromatic rings. The number of likely N-dealkylation sites (tertiary alicyclic amines) is 1. The summed E-state index contributed by atoms with van der Waals surface area (Å²) in [7, 11) is 0. The molecule has 0 radical (unpaired) electrons. The van der Waals surface area contributed by atoms with Crippen molar-refractivity contribution in [3.05, 3.63) is 17.5 Å². The summed E-state index contributed by atoms with van der Waals surface area (Å²) in [5, 5.41) is 9.08.